The van der Waals surface area contributed by atoms with E-state index in [9.17, 15) is 13.2 Å². The zero-order valence-corrected chi connectivity index (χ0v) is 17.7. The highest BCUT2D eigenvalue weighted by molar-refractivity contribution is 7.89. The average Bonchev–Trinajstić information content (AvgIpc) is 3.40. The highest BCUT2D eigenvalue weighted by Crippen LogP contribution is 2.38. The fraction of sp³-hybridized carbons (Fsp3) is 0.364. The summed E-state index contributed by atoms with van der Waals surface area (Å²) in [7, 11) is -2.00. The molecule has 5 rings (SSSR count). The first-order chi connectivity index (χ1) is 14.4. The van der Waals surface area contributed by atoms with Gasteiger partial charge >= 0.3 is 6.03 Å². The molecule has 2 aromatic carbocycles. The van der Waals surface area contributed by atoms with E-state index < -0.39 is 16.1 Å². The van der Waals surface area contributed by atoms with Crippen LogP contribution in [0.5, 0.6) is 0 Å². The number of hydrogen-bond acceptors (Lipinski definition) is 4. The van der Waals surface area contributed by atoms with Gasteiger partial charge in [-0.25, -0.2) is 17.9 Å². The highest BCUT2D eigenvalue weighted by Gasteiger charge is 2.26. The molecule has 8 heteroatoms. The molecular weight excluding hydrogens is 400 g/mol. The maximum Gasteiger partial charge on any atom is 0.332 e. The number of nitrogens with zero attached hydrogens (tertiary/aromatic N) is 2. The lowest BCUT2D eigenvalue weighted by Gasteiger charge is -2.16. The number of amides is 2. The Morgan fingerprint density at radius 3 is 2.47 bits per heavy atom. The van der Waals surface area contributed by atoms with Gasteiger partial charge in [0.1, 0.15) is 0 Å². The summed E-state index contributed by atoms with van der Waals surface area (Å²) in [6, 6.07) is 6.96. The van der Waals surface area contributed by atoms with E-state index in [2.05, 4.69) is 21.2 Å². The number of fused-ring (bicyclic) bond motifs is 3. The van der Waals surface area contributed by atoms with Crippen LogP contribution in [-0.4, -0.2) is 24.2 Å². The lowest BCUT2D eigenvalue weighted by molar-refractivity contribution is 0.256. The van der Waals surface area contributed by atoms with Crippen molar-refractivity contribution in [1.29, 1.82) is 0 Å². The first-order valence-electron chi connectivity index (χ1n) is 10.3. The summed E-state index contributed by atoms with van der Waals surface area (Å²) in [5.74, 6) is -0.268. The maximum atomic E-state index is 12.6. The summed E-state index contributed by atoms with van der Waals surface area (Å²) in [6.45, 7) is 0. The molecule has 2 N–H and O–H groups in total. The lowest BCUT2D eigenvalue weighted by atomic mass is 9.99. The zero-order valence-electron chi connectivity index (χ0n) is 16.9. The molecule has 0 spiro atoms. The number of urea groups is 1. The third-order valence-electron chi connectivity index (χ3n) is 6.13. The summed E-state index contributed by atoms with van der Waals surface area (Å²) in [5, 5.41) is 7.91. The largest absolute Gasteiger partial charge is 0.332 e. The Hall–Kier alpha value is -2.87. The van der Waals surface area contributed by atoms with Crippen LogP contribution in [-0.2, 0) is 48.5 Å². The fourth-order valence-corrected chi connectivity index (χ4v) is 5.83. The number of aryl methyl sites for hydroxylation is 3. The van der Waals surface area contributed by atoms with Crippen LogP contribution in [0.25, 0.3) is 10.9 Å². The van der Waals surface area contributed by atoms with E-state index in [-0.39, 0.29) is 5.75 Å². The van der Waals surface area contributed by atoms with Crippen molar-refractivity contribution in [3.8, 4) is 0 Å². The normalized spacial score (nSPS) is 15.2. The predicted octanol–water partition coefficient (Wildman–Crippen LogP) is 3.20. The molecule has 156 valence electrons. The van der Waals surface area contributed by atoms with Crippen LogP contribution in [0.2, 0.25) is 0 Å². The van der Waals surface area contributed by atoms with Gasteiger partial charge in [-0.3, -0.25) is 4.68 Å². The van der Waals surface area contributed by atoms with Gasteiger partial charge in [0.15, 0.2) is 0 Å². The average molecular weight is 425 g/mol. The standard InChI is InChI=1S/C22H24N4O3S/c1-26-20-9-8-14(10-17(20)12-23-26)13-30(28,29)25-22(27)24-21-18-6-2-4-15(18)11-16-5-3-7-19(16)21/h8-12H,2-7,13H2,1H3,(H2,24,25,27). The van der Waals surface area contributed by atoms with Crippen LogP contribution in [0.3, 0.4) is 0 Å². The minimum atomic E-state index is -3.83. The smallest absolute Gasteiger partial charge is 0.307 e. The fourth-order valence-electron chi connectivity index (χ4n) is 4.81. The molecule has 2 aliphatic carbocycles. The molecule has 3 aromatic rings. The number of carbonyl (C=O) groups is 1. The first-order valence-corrected chi connectivity index (χ1v) is 11.9. The number of aromatic nitrogens is 2. The second-order valence-corrected chi connectivity index (χ2v) is 9.93. The van der Waals surface area contributed by atoms with Crippen molar-refractivity contribution in [3.05, 3.63) is 58.3 Å². The quantitative estimate of drug-likeness (QED) is 0.673. The SMILES string of the molecule is Cn1ncc2cc(CS(=O)(=O)NC(=O)Nc3c4c(cc5c3CCC5)CCC4)ccc21. The minimum Gasteiger partial charge on any atom is -0.307 e. The van der Waals surface area contributed by atoms with Crippen molar-refractivity contribution >= 4 is 32.6 Å². The number of carbonyl (C=O) groups excluding carboxylic acids is 1. The number of sulfonamides is 1. The Kier molecular flexibility index (Phi) is 4.54. The summed E-state index contributed by atoms with van der Waals surface area (Å²) in [6.07, 6.45) is 7.74. The molecule has 0 saturated carbocycles. The molecule has 2 aliphatic rings. The molecule has 30 heavy (non-hydrogen) atoms. The Morgan fingerprint density at radius 2 is 1.77 bits per heavy atom. The zero-order chi connectivity index (χ0) is 20.9. The van der Waals surface area contributed by atoms with Gasteiger partial charge in [0.25, 0.3) is 0 Å². The number of anilines is 1. The Bertz CT molecular complexity index is 1250. The Balaban J connectivity index is 1.34. The van der Waals surface area contributed by atoms with E-state index in [1.165, 1.54) is 22.3 Å². The van der Waals surface area contributed by atoms with Gasteiger partial charge in [0.05, 0.1) is 17.5 Å². The van der Waals surface area contributed by atoms with E-state index >= 15 is 0 Å². The molecule has 2 amide bonds. The van der Waals surface area contributed by atoms with E-state index in [0.717, 1.165) is 55.1 Å². The monoisotopic (exact) mass is 424 g/mol. The van der Waals surface area contributed by atoms with Crippen LogP contribution in [0.4, 0.5) is 10.5 Å². The molecule has 0 aliphatic heterocycles. The first kappa shape index (κ1) is 19.1. The van der Waals surface area contributed by atoms with Crippen LogP contribution in [0, 0.1) is 0 Å². The Labute approximate surface area is 175 Å². The van der Waals surface area contributed by atoms with Crippen molar-refractivity contribution in [3.63, 3.8) is 0 Å². The van der Waals surface area contributed by atoms with Gasteiger partial charge in [-0.05, 0) is 78.5 Å². The third-order valence-corrected chi connectivity index (χ3v) is 7.34. The summed E-state index contributed by atoms with van der Waals surface area (Å²) in [4.78, 5) is 12.6. The van der Waals surface area contributed by atoms with Crippen molar-refractivity contribution in [1.82, 2.24) is 14.5 Å². The molecule has 0 unspecified atom stereocenters. The van der Waals surface area contributed by atoms with Crippen LogP contribution < -0.4 is 10.0 Å². The number of hydrogen-bond donors (Lipinski definition) is 2. The van der Waals surface area contributed by atoms with Crippen LogP contribution in [0.15, 0.2) is 30.5 Å². The molecule has 0 saturated heterocycles. The van der Waals surface area contributed by atoms with Crippen LogP contribution >= 0.6 is 0 Å². The van der Waals surface area contributed by atoms with Gasteiger partial charge in [-0.15, -0.1) is 0 Å². The van der Waals surface area contributed by atoms with Crippen molar-refractivity contribution < 1.29 is 13.2 Å². The van der Waals surface area contributed by atoms with Crippen molar-refractivity contribution in [2.45, 2.75) is 44.3 Å². The van der Waals surface area contributed by atoms with Gasteiger partial charge in [0.2, 0.25) is 10.0 Å². The van der Waals surface area contributed by atoms with Gasteiger partial charge < -0.3 is 5.32 Å². The second kappa shape index (κ2) is 7.12. The predicted molar refractivity (Wildman–Crippen MR) is 116 cm³/mol. The van der Waals surface area contributed by atoms with E-state index in [0.29, 0.717) is 5.56 Å². The lowest BCUT2D eigenvalue weighted by Crippen LogP contribution is -2.35. The molecule has 0 atom stereocenters. The number of benzene rings is 2. The highest BCUT2D eigenvalue weighted by atomic mass is 32.2. The summed E-state index contributed by atoms with van der Waals surface area (Å²) < 4.78 is 29.2. The van der Waals surface area contributed by atoms with Crippen molar-refractivity contribution in [2.24, 2.45) is 7.05 Å². The summed E-state index contributed by atoms with van der Waals surface area (Å²) >= 11 is 0. The van der Waals surface area contributed by atoms with E-state index in [1.807, 2.05) is 13.1 Å². The number of rotatable bonds is 4. The molecule has 1 heterocycles. The maximum absolute atomic E-state index is 12.6. The van der Waals surface area contributed by atoms with E-state index in [4.69, 9.17) is 0 Å². The summed E-state index contributed by atoms with van der Waals surface area (Å²) in [5.41, 5.74) is 7.29. The topological polar surface area (TPSA) is 93.1 Å². The molecule has 0 fully saturated rings. The van der Waals surface area contributed by atoms with Gasteiger partial charge in [0, 0.05) is 18.1 Å². The van der Waals surface area contributed by atoms with E-state index in [1.54, 1.807) is 23.0 Å². The molecule has 7 nitrogen and oxygen atoms in total. The molecular formula is C22H24N4O3S. The third kappa shape index (κ3) is 3.45. The second-order valence-electron chi connectivity index (χ2n) is 8.21. The number of nitrogens with one attached hydrogen (secondary N) is 2. The molecule has 0 bridgehead atoms. The van der Waals surface area contributed by atoms with Gasteiger partial charge in [-0.1, -0.05) is 12.1 Å². The molecule has 1 aromatic heterocycles. The molecule has 0 radical (unpaired) electrons. The Morgan fingerprint density at radius 1 is 1.07 bits per heavy atom. The minimum absolute atomic E-state index is 0.268. The van der Waals surface area contributed by atoms with Crippen molar-refractivity contribution in [2.75, 3.05) is 5.32 Å². The van der Waals surface area contributed by atoms with Gasteiger partial charge in [-0.2, -0.15) is 5.10 Å². The van der Waals surface area contributed by atoms with Crippen LogP contribution in [0.1, 0.15) is 40.7 Å².